The number of allylic oxidation sites excluding steroid dienone is 1. The molecule has 6 atom stereocenters. The van der Waals surface area contributed by atoms with Crippen LogP contribution >= 0.6 is 0 Å². The summed E-state index contributed by atoms with van der Waals surface area (Å²) >= 11 is 0. The second-order valence-corrected chi connectivity index (χ2v) is 9.58. The number of carbonyl (C=O) groups excluding carboxylic acids is 4. The lowest BCUT2D eigenvalue weighted by Gasteiger charge is -2.62. The molecule has 4 aliphatic carbocycles. The molecule has 0 heterocycles. The van der Waals surface area contributed by atoms with E-state index in [1.54, 1.807) is 6.92 Å². The van der Waals surface area contributed by atoms with Gasteiger partial charge in [-0.05, 0) is 55.9 Å². The maximum atomic E-state index is 14.9. The largest absolute Gasteiger partial charge is 0.389 e. The predicted molar refractivity (Wildman–Crippen MR) is 98.0 cm³/mol. The van der Waals surface area contributed by atoms with Gasteiger partial charge in [0.05, 0.1) is 17.3 Å². The van der Waals surface area contributed by atoms with Crippen LogP contribution < -0.4 is 0 Å². The molecule has 0 bridgehead atoms. The maximum absolute atomic E-state index is 14.9. The molecule has 3 saturated carbocycles. The predicted octanol–water partition coefficient (Wildman–Crippen LogP) is 2.39. The minimum absolute atomic E-state index is 0.0403. The van der Waals surface area contributed by atoms with Crippen molar-refractivity contribution in [3.8, 4) is 0 Å². The van der Waals surface area contributed by atoms with E-state index in [2.05, 4.69) is 0 Å². The third-order valence-electron chi connectivity index (χ3n) is 8.81. The van der Waals surface area contributed by atoms with Gasteiger partial charge in [-0.2, -0.15) is 0 Å². The van der Waals surface area contributed by atoms with E-state index in [0.29, 0.717) is 31.3 Å². The second kappa shape index (κ2) is 6.15. The van der Waals surface area contributed by atoms with E-state index >= 15 is 0 Å². The molecule has 28 heavy (non-hydrogen) atoms. The number of Topliss-reactive ketones (excluding diaryl/α,β-unsaturated/α-hetero) is 3. The minimum atomic E-state index is -1.45. The molecule has 0 saturated heterocycles. The van der Waals surface area contributed by atoms with E-state index in [1.165, 1.54) is 6.08 Å². The minimum Gasteiger partial charge on any atom is -0.389 e. The van der Waals surface area contributed by atoms with Crippen molar-refractivity contribution in [2.45, 2.75) is 52.4 Å². The SMILES string of the molecule is C[C@]12CC(=O)[C@@]3(CF)[C@@H](CCC4=CC(=O)CC(=O)[C@@]43C)[C@@H]1CC[C@@H]2C(=O)CO. The van der Waals surface area contributed by atoms with E-state index in [4.69, 9.17) is 0 Å². The number of ketones is 4. The first-order chi connectivity index (χ1) is 13.2. The van der Waals surface area contributed by atoms with Gasteiger partial charge in [0.25, 0.3) is 0 Å². The van der Waals surface area contributed by atoms with Crippen LogP contribution in [0.1, 0.15) is 52.4 Å². The van der Waals surface area contributed by atoms with Gasteiger partial charge in [0.15, 0.2) is 17.3 Å². The Morgan fingerprint density at radius 3 is 2.50 bits per heavy atom. The topological polar surface area (TPSA) is 88.5 Å². The number of aliphatic hydroxyl groups is 1. The first-order valence-electron chi connectivity index (χ1n) is 10.2. The molecule has 0 unspecified atom stereocenters. The molecule has 152 valence electrons. The maximum Gasteiger partial charge on any atom is 0.163 e. The monoisotopic (exact) mass is 390 g/mol. The van der Waals surface area contributed by atoms with Crippen LogP contribution in [-0.4, -0.2) is 41.5 Å². The number of aliphatic hydroxyl groups excluding tert-OH is 1. The number of rotatable bonds is 3. The zero-order chi connectivity index (χ0) is 20.5. The zero-order valence-corrected chi connectivity index (χ0v) is 16.4. The summed E-state index contributed by atoms with van der Waals surface area (Å²) in [6, 6.07) is 0. The van der Waals surface area contributed by atoms with Gasteiger partial charge in [0.2, 0.25) is 0 Å². The Kier molecular flexibility index (Phi) is 4.31. The smallest absolute Gasteiger partial charge is 0.163 e. The summed E-state index contributed by atoms with van der Waals surface area (Å²) in [5.41, 5.74) is -2.74. The molecule has 1 N–H and O–H groups in total. The fourth-order valence-corrected chi connectivity index (χ4v) is 7.35. The molecule has 4 rings (SSSR count). The van der Waals surface area contributed by atoms with Crippen molar-refractivity contribution in [2.24, 2.45) is 34.0 Å². The summed E-state index contributed by atoms with van der Waals surface area (Å²) in [5.74, 6) is -1.97. The van der Waals surface area contributed by atoms with Crippen molar-refractivity contribution in [3.05, 3.63) is 11.6 Å². The molecule has 0 aromatic carbocycles. The highest BCUT2D eigenvalue weighted by atomic mass is 19.1. The lowest BCUT2D eigenvalue weighted by Crippen LogP contribution is -2.66. The fourth-order valence-electron chi connectivity index (χ4n) is 7.35. The van der Waals surface area contributed by atoms with Gasteiger partial charge < -0.3 is 5.11 Å². The highest BCUT2D eigenvalue weighted by molar-refractivity contribution is 6.13. The molecule has 0 amide bonds. The molecule has 0 aliphatic heterocycles. The number of carbonyl (C=O) groups is 4. The van der Waals surface area contributed by atoms with Gasteiger partial charge in [-0.1, -0.05) is 12.5 Å². The van der Waals surface area contributed by atoms with E-state index in [-0.39, 0.29) is 47.8 Å². The normalized spacial score (nSPS) is 45.2. The van der Waals surface area contributed by atoms with Crippen molar-refractivity contribution in [1.29, 1.82) is 0 Å². The second-order valence-electron chi connectivity index (χ2n) is 9.58. The molecule has 0 aromatic rings. The van der Waals surface area contributed by atoms with Gasteiger partial charge in [0, 0.05) is 12.3 Å². The Morgan fingerprint density at radius 1 is 1.14 bits per heavy atom. The van der Waals surface area contributed by atoms with E-state index in [9.17, 15) is 28.7 Å². The Bertz CT molecular complexity index is 816. The lowest BCUT2D eigenvalue weighted by atomic mass is 9.39. The zero-order valence-electron chi connectivity index (χ0n) is 16.4. The van der Waals surface area contributed by atoms with Crippen molar-refractivity contribution in [1.82, 2.24) is 0 Å². The third kappa shape index (κ3) is 2.10. The average Bonchev–Trinajstić information content (AvgIpc) is 2.98. The van der Waals surface area contributed by atoms with Crippen LogP contribution in [0.4, 0.5) is 4.39 Å². The number of halogens is 1. The van der Waals surface area contributed by atoms with Crippen molar-refractivity contribution in [2.75, 3.05) is 13.3 Å². The van der Waals surface area contributed by atoms with Gasteiger partial charge >= 0.3 is 0 Å². The molecule has 4 aliphatic rings. The van der Waals surface area contributed by atoms with Gasteiger partial charge in [-0.25, -0.2) is 4.39 Å². The number of hydrogen-bond acceptors (Lipinski definition) is 5. The van der Waals surface area contributed by atoms with Gasteiger partial charge in [0.1, 0.15) is 19.1 Å². The molecule has 3 fully saturated rings. The van der Waals surface area contributed by atoms with Crippen LogP contribution in [-0.2, 0) is 19.2 Å². The van der Waals surface area contributed by atoms with Gasteiger partial charge in [-0.3, -0.25) is 19.2 Å². The van der Waals surface area contributed by atoms with E-state index in [0.717, 1.165) is 0 Å². The van der Waals surface area contributed by atoms with Crippen molar-refractivity contribution < 1.29 is 28.7 Å². The molecular weight excluding hydrogens is 363 g/mol. The summed E-state index contributed by atoms with van der Waals surface area (Å²) in [7, 11) is 0. The molecule has 6 heteroatoms. The van der Waals surface area contributed by atoms with E-state index < -0.39 is 35.4 Å². The summed E-state index contributed by atoms with van der Waals surface area (Å²) in [4.78, 5) is 50.9. The first kappa shape index (κ1) is 19.6. The van der Waals surface area contributed by atoms with Crippen molar-refractivity contribution >= 4 is 23.1 Å². The lowest BCUT2D eigenvalue weighted by molar-refractivity contribution is -0.176. The Labute approximate surface area is 163 Å². The Balaban J connectivity index is 1.86. The van der Waals surface area contributed by atoms with Crippen molar-refractivity contribution in [3.63, 3.8) is 0 Å². The average molecular weight is 390 g/mol. The van der Waals surface area contributed by atoms with Crippen LogP contribution in [0.15, 0.2) is 11.6 Å². The molecule has 0 radical (unpaired) electrons. The highest BCUT2D eigenvalue weighted by Gasteiger charge is 2.72. The van der Waals surface area contributed by atoms with Crippen LogP contribution in [0.3, 0.4) is 0 Å². The molecular formula is C22H27FO5. The Morgan fingerprint density at radius 2 is 1.86 bits per heavy atom. The quantitative estimate of drug-likeness (QED) is 0.748. The number of fused-ring (bicyclic) bond motifs is 5. The Hall–Kier alpha value is -1.69. The van der Waals surface area contributed by atoms with Crippen LogP contribution in [0.2, 0.25) is 0 Å². The third-order valence-corrected chi connectivity index (χ3v) is 8.81. The first-order valence-corrected chi connectivity index (χ1v) is 10.2. The van der Waals surface area contributed by atoms with Crippen LogP contribution in [0.5, 0.6) is 0 Å². The number of hydrogen-bond donors (Lipinski definition) is 1. The standard InChI is InChI=1S/C22H27FO5/c1-20-9-19(28)22(11-23)15(14(20)5-6-16(20)17(26)10-24)4-3-12-7-13(25)8-18(27)21(12,22)2/h7,14-16,24H,3-6,8-11H2,1-2H3/t14-,15-,16+,20-,21+,22+/m0/s1. The highest BCUT2D eigenvalue weighted by Crippen LogP contribution is 2.70. The van der Waals surface area contributed by atoms with Crippen LogP contribution in [0, 0.1) is 34.0 Å². The summed E-state index contributed by atoms with van der Waals surface area (Å²) in [5, 5.41) is 9.37. The van der Waals surface area contributed by atoms with Gasteiger partial charge in [-0.15, -0.1) is 0 Å². The molecule has 0 spiro atoms. The summed E-state index contributed by atoms with van der Waals surface area (Å²) in [6.07, 6.45) is 3.53. The van der Waals surface area contributed by atoms with E-state index in [1.807, 2.05) is 6.92 Å². The summed E-state index contributed by atoms with van der Waals surface area (Å²) in [6.45, 7) is 2.11. The number of alkyl halides is 1. The summed E-state index contributed by atoms with van der Waals surface area (Å²) < 4.78 is 14.9. The molecule has 0 aromatic heterocycles. The fraction of sp³-hybridized carbons (Fsp3) is 0.727. The molecule has 5 nitrogen and oxygen atoms in total. The van der Waals surface area contributed by atoms with Crippen LogP contribution in [0.25, 0.3) is 0 Å².